The minimum Gasteiger partial charge on any atom is -0.394 e. The molecule has 0 spiro atoms. The van der Waals surface area contributed by atoms with Gasteiger partial charge in [0.15, 0.2) is 5.76 Å². The topological polar surface area (TPSA) is 107 Å². The Kier molecular flexibility index (Phi) is 4.02. The molecule has 2 atom stereocenters. The van der Waals surface area contributed by atoms with Crippen LogP contribution in [-0.2, 0) is 13.0 Å². The van der Waals surface area contributed by atoms with E-state index in [0.717, 1.165) is 0 Å². The fraction of sp³-hybridized carbons (Fsp3) is 0.625. The summed E-state index contributed by atoms with van der Waals surface area (Å²) >= 11 is 0. The molecular formula is C8H13NO5. The normalized spacial score (nSPS) is 15.4. The van der Waals surface area contributed by atoms with E-state index in [-0.39, 0.29) is 13.0 Å². The molecule has 0 radical (unpaired) electrons. The average molecular weight is 203 g/mol. The number of nitrogens with zero attached hydrogens (tertiary/aromatic N) is 1. The van der Waals surface area contributed by atoms with Crippen molar-refractivity contribution in [2.24, 2.45) is 0 Å². The number of aliphatic hydroxyl groups is 4. The van der Waals surface area contributed by atoms with Gasteiger partial charge in [0.2, 0.25) is 0 Å². The van der Waals surface area contributed by atoms with Gasteiger partial charge in [0.25, 0.3) is 0 Å². The van der Waals surface area contributed by atoms with E-state index in [1.807, 2.05) is 0 Å². The quantitative estimate of drug-likeness (QED) is 0.460. The maximum atomic E-state index is 9.30. The first-order chi connectivity index (χ1) is 6.67. The lowest BCUT2D eigenvalue weighted by molar-refractivity contribution is -0.0139. The molecule has 0 saturated heterocycles. The smallest absolute Gasteiger partial charge is 0.162 e. The molecule has 0 bridgehead atoms. The molecular weight excluding hydrogens is 190 g/mol. The highest BCUT2D eigenvalue weighted by molar-refractivity contribution is 5.05. The first-order valence-corrected chi connectivity index (χ1v) is 4.19. The SMILES string of the molecule is OCc1cc(C[C@H](O)[C@H](O)CO)no1. The molecule has 0 fully saturated rings. The summed E-state index contributed by atoms with van der Waals surface area (Å²) in [5.41, 5.74) is 0.425. The summed E-state index contributed by atoms with van der Waals surface area (Å²) in [5.74, 6) is 0.297. The highest BCUT2D eigenvalue weighted by atomic mass is 16.5. The second-order valence-electron chi connectivity index (χ2n) is 2.96. The van der Waals surface area contributed by atoms with Gasteiger partial charge in [-0.2, -0.15) is 0 Å². The molecule has 1 aromatic heterocycles. The van der Waals surface area contributed by atoms with E-state index in [0.29, 0.717) is 11.5 Å². The van der Waals surface area contributed by atoms with Crippen molar-refractivity contribution in [2.45, 2.75) is 25.2 Å². The van der Waals surface area contributed by atoms with Crippen LogP contribution in [0.5, 0.6) is 0 Å². The summed E-state index contributed by atoms with van der Waals surface area (Å²) in [4.78, 5) is 0. The van der Waals surface area contributed by atoms with Crippen LogP contribution in [0.3, 0.4) is 0 Å². The molecule has 0 amide bonds. The van der Waals surface area contributed by atoms with Crippen LogP contribution in [0.25, 0.3) is 0 Å². The highest BCUT2D eigenvalue weighted by Crippen LogP contribution is 2.07. The Labute approximate surface area is 80.4 Å². The molecule has 4 N–H and O–H groups in total. The molecule has 14 heavy (non-hydrogen) atoms. The van der Waals surface area contributed by atoms with E-state index in [2.05, 4.69) is 9.68 Å². The van der Waals surface area contributed by atoms with Crippen molar-refractivity contribution in [1.29, 1.82) is 0 Å². The Morgan fingerprint density at radius 3 is 2.50 bits per heavy atom. The van der Waals surface area contributed by atoms with Crippen LogP contribution >= 0.6 is 0 Å². The average Bonchev–Trinajstić information content (AvgIpc) is 2.64. The lowest BCUT2D eigenvalue weighted by atomic mass is 10.1. The zero-order valence-electron chi connectivity index (χ0n) is 7.50. The summed E-state index contributed by atoms with van der Waals surface area (Å²) in [7, 11) is 0. The van der Waals surface area contributed by atoms with Crippen molar-refractivity contribution in [3.8, 4) is 0 Å². The third kappa shape index (κ3) is 2.78. The predicted molar refractivity (Wildman–Crippen MR) is 45.2 cm³/mol. The molecule has 0 aliphatic carbocycles. The molecule has 1 rings (SSSR count). The maximum absolute atomic E-state index is 9.30. The van der Waals surface area contributed by atoms with Gasteiger partial charge >= 0.3 is 0 Å². The van der Waals surface area contributed by atoms with E-state index >= 15 is 0 Å². The molecule has 1 heterocycles. The van der Waals surface area contributed by atoms with Crippen molar-refractivity contribution in [2.75, 3.05) is 6.61 Å². The molecule has 1 aromatic rings. The predicted octanol–water partition coefficient (Wildman–Crippen LogP) is -1.58. The summed E-state index contributed by atoms with van der Waals surface area (Å²) in [6.07, 6.45) is -2.20. The van der Waals surface area contributed by atoms with Crippen LogP contribution < -0.4 is 0 Å². The standard InChI is InChI=1S/C8H13NO5/c10-3-6-1-5(9-14-6)2-7(12)8(13)4-11/h1,7-8,10-13H,2-4H2/t7-,8+/m0/s1. The zero-order chi connectivity index (χ0) is 10.6. The van der Waals surface area contributed by atoms with Crippen molar-refractivity contribution in [3.63, 3.8) is 0 Å². The summed E-state index contributed by atoms with van der Waals surface area (Å²) < 4.78 is 4.67. The number of rotatable bonds is 5. The van der Waals surface area contributed by atoms with Crippen LogP contribution in [-0.4, -0.2) is 44.4 Å². The molecule has 0 unspecified atom stereocenters. The van der Waals surface area contributed by atoms with E-state index in [9.17, 15) is 5.11 Å². The Hall–Kier alpha value is -0.950. The molecule has 6 heteroatoms. The molecule has 0 aliphatic heterocycles. The Bertz CT molecular complexity index is 274. The van der Waals surface area contributed by atoms with Gasteiger partial charge in [-0.25, -0.2) is 0 Å². The Balaban J connectivity index is 2.51. The van der Waals surface area contributed by atoms with Gasteiger partial charge in [-0.15, -0.1) is 0 Å². The van der Waals surface area contributed by atoms with Gasteiger partial charge in [-0.05, 0) is 0 Å². The second-order valence-corrected chi connectivity index (χ2v) is 2.96. The summed E-state index contributed by atoms with van der Waals surface area (Å²) in [5, 5.41) is 39.1. The third-order valence-electron chi connectivity index (χ3n) is 1.81. The van der Waals surface area contributed by atoms with E-state index in [1.165, 1.54) is 6.07 Å². The Morgan fingerprint density at radius 1 is 1.29 bits per heavy atom. The number of hydrogen-bond donors (Lipinski definition) is 4. The molecule has 0 aromatic carbocycles. The highest BCUT2D eigenvalue weighted by Gasteiger charge is 2.17. The lowest BCUT2D eigenvalue weighted by Gasteiger charge is -2.13. The van der Waals surface area contributed by atoms with Gasteiger partial charge < -0.3 is 24.9 Å². The third-order valence-corrected chi connectivity index (χ3v) is 1.81. The van der Waals surface area contributed by atoms with Crippen molar-refractivity contribution < 1.29 is 24.9 Å². The second kappa shape index (κ2) is 5.06. The maximum Gasteiger partial charge on any atom is 0.162 e. The van der Waals surface area contributed by atoms with Gasteiger partial charge in [0.05, 0.1) is 18.4 Å². The lowest BCUT2D eigenvalue weighted by Crippen LogP contribution is -2.31. The van der Waals surface area contributed by atoms with Gasteiger partial charge in [-0.3, -0.25) is 0 Å². The molecule has 80 valence electrons. The number of hydrogen-bond acceptors (Lipinski definition) is 6. The van der Waals surface area contributed by atoms with Gasteiger partial charge in [0.1, 0.15) is 12.7 Å². The number of aromatic nitrogens is 1. The fourth-order valence-electron chi connectivity index (χ4n) is 0.998. The van der Waals surface area contributed by atoms with Crippen molar-refractivity contribution in [3.05, 3.63) is 17.5 Å². The van der Waals surface area contributed by atoms with Crippen molar-refractivity contribution >= 4 is 0 Å². The largest absolute Gasteiger partial charge is 0.394 e. The molecule has 0 aliphatic rings. The zero-order valence-corrected chi connectivity index (χ0v) is 7.50. The minimum atomic E-state index is -1.19. The molecule has 0 saturated carbocycles. The number of aliphatic hydroxyl groups excluding tert-OH is 4. The monoisotopic (exact) mass is 203 g/mol. The molecule has 6 nitrogen and oxygen atoms in total. The van der Waals surface area contributed by atoms with Crippen LogP contribution in [0.1, 0.15) is 11.5 Å². The van der Waals surface area contributed by atoms with Gasteiger partial charge in [0, 0.05) is 12.5 Å². The summed E-state index contributed by atoms with van der Waals surface area (Å²) in [6.45, 7) is -0.766. The minimum absolute atomic E-state index is 0.0746. The Morgan fingerprint density at radius 2 is 2.00 bits per heavy atom. The summed E-state index contributed by atoms with van der Waals surface area (Å²) in [6, 6.07) is 1.48. The van der Waals surface area contributed by atoms with E-state index < -0.39 is 18.8 Å². The van der Waals surface area contributed by atoms with E-state index in [4.69, 9.17) is 15.3 Å². The van der Waals surface area contributed by atoms with Gasteiger partial charge in [-0.1, -0.05) is 5.16 Å². The fourth-order valence-corrected chi connectivity index (χ4v) is 0.998. The van der Waals surface area contributed by atoms with Crippen LogP contribution in [0, 0.1) is 0 Å². The van der Waals surface area contributed by atoms with E-state index in [1.54, 1.807) is 0 Å². The van der Waals surface area contributed by atoms with Crippen LogP contribution in [0.2, 0.25) is 0 Å². The van der Waals surface area contributed by atoms with Crippen molar-refractivity contribution in [1.82, 2.24) is 5.16 Å². The first-order valence-electron chi connectivity index (χ1n) is 4.19. The van der Waals surface area contributed by atoms with Crippen LogP contribution in [0.4, 0.5) is 0 Å². The first kappa shape index (κ1) is 11.1. The van der Waals surface area contributed by atoms with Crippen LogP contribution in [0.15, 0.2) is 10.6 Å².